The van der Waals surface area contributed by atoms with Crippen molar-refractivity contribution in [2.24, 2.45) is 5.92 Å². The van der Waals surface area contributed by atoms with Gasteiger partial charge in [-0.3, -0.25) is 0 Å². The van der Waals surface area contributed by atoms with Gasteiger partial charge in [-0.15, -0.1) is 0 Å². The summed E-state index contributed by atoms with van der Waals surface area (Å²) < 4.78 is 33.5. The number of morpholine rings is 1. The van der Waals surface area contributed by atoms with Gasteiger partial charge in [-0.25, -0.2) is 0 Å². The van der Waals surface area contributed by atoms with Crippen LogP contribution in [0.4, 0.5) is 0 Å². The smallest absolute Gasteiger partial charge is 0.281 e. The zero-order valence-electron chi connectivity index (χ0n) is 11.8. The molecule has 0 aliphatic carbocycles. The summed E-state index contributed by atoms with van der Waals surface area (Å²) in [5.41, 5.74) is 0. The van der Waals surface area contributed by atoms with E-state index in [2.05, 4.69) is 12.2 Å². The van der Waals surface area contributed by atoms with Crippen LogP contribution in [0.15, 0.2) is 0 Å². The lowest BCUT2D eigenvalue weighted by Crippen LogP contribution is -2.50. The molecule has 2 rings (SSSR count). The van der Waals surface area contributed by atoms with Gasteiger partial charge < -0.3 is 10.1 Å². The first-order valence-corrected chi connectivity index (χ1v) is 8.43. The maximum Gasteiger partial charge on any atom is 0.281 e. The van der Waals surface area contributed by atoms with Crippen LogP contribution in [0, 0.1) is 5.92 Å². The average Bonchev–Trinajstić information content (AvgIpc) is 2.40. The second-order valence-corrected chi connectivity index (χ2v) is 7.60. The molecule has 0 amide bonds. The van der Waals surface area contributed by atoms with Crippen LogP contribution in [0.5, 0.6) is 0 Å². The number of nitrogens with one attached hydrogen (secondary N) is 1. The van der Waals surface area contributed by atoms with Crippen LogP contribution >= 0.6 is 0 Å². The molecule has 0 aromatic rings. The molecule has 0 aromatic heterocycles. The van der Waals surface area contributed by atoms with E-state index in [4.69, 9.17) is 4.74 Å². The molecule has 0 bridgehead atoms. The van der Waals surface area contributed by atoms with E-state index in [1.165, 1.54) is 4.31 Å². The Morgan fingerprint density at radius 1 is 1.37 bits per heavy atom. The Labute approximate surface area is 116 Å². The van der Waals surface area contributed by atoms with Crippen LogP contribution in [0.1, 0.15) is 19.8 Å². The lowest BCUT2D eigenvalue weighted by molar-refractivity contribution is 0.0198. The molecule has 2 aliphatic heterocycles. The zero-order chi connectivity index (χ0) is 13.9. The van der Waals surface area contributed by atoms with Crippen LogP contribution in [-0.2, 0) is 14.9 Å². The molecular formula is C12H25N3O3S. The molecule has 2 heterocycles. The summed E-state index contributed by atoms with van der Waals surface area (Å²) in [4.78, 5) is 0. The molecular weight excluding hydrogens is 266 g/mol. The topological polar surface area (TPSA) is 61.9 Å². The van der Waals surface area contributed by atoms with Crippen LogP contribution in [0.3, 0.4) is 0 Å². The van der Waals surface area contributed by atoms with Crippen LogP contribution < -0.4 is 5.32 Å². The van der Waals surface area contributed by atoms with Crippen molar-refractivity contribution in [3.63, 3.8) is 0 Å². The van der Waals surface area contributed by atoms with Gasteiger partial charge in [0.1, 0.15) is 0 Å². The van der Waals surface area contributed by atoms with Gasteiger partial charge in [-0.05, 0) is 18.8 Å². The highest BCUT2D eigenvalue weighted by atomic mass is 32.2. The molecule has 0 aromatic carbocycles. The molecule has 19 heavy (non-hydrogen) atoms. The summed E-state index contributed by atoms with van der Waals surface area (Å²) >= 11 is 0. The van der Waals surface area contributed by atoms with Crippen LogP contribution in [0.25, 0.3) is 0 Å². The highest BCUT2D eigenvalue weighted by molar-refractivity contribution is 7.86. The summed E-state index contributed by atoms with van der Waals surface area (Å²) in [6, 6.07) is 0. The molecule has 1 unspecified atom stereocenters. The summed E-state index contributed by atoms with van der Waals surface area (Å²) in [5.74, 6) is 0.627. The van der Waals surface area contributed by atoms with Crippen LogP contribution in [0.2, 0.25) is 0 Å². The lowest BCUT2D eigenvalue weighted by Gasteiger charge is -2.34. The minimum atomic E-state index is -3.33. The molecule has 6 nitrogen and oxygen atoms in total. The van der Waals surface area contributed by atoms with E-state index >= 15 is 0 Å². The summed E-state index contributed by atoms with van der Waals surface area (Å²) in [6.45, 7) is 6.08. The fraction of sp³-hybridized carbons (Fsp3) is 1.00. The second kappa shape index (κ2) is 6.49. The Hall–Kier alpha value is -0.210. The molecule has 2 saturated heterocycles. The minimum Gasteiger partial charge on any atom is -0.374 e. The highest BCUT2D eigenvalue weighted by Gasteiger charge is 2.31. The first-order chi connectivity index (χ1) is 9.00. The SMILES string of the molecule is CC1CCN(S(=O)(=O)N(C)CC2CNCCO2)CC1. The normalized spacial score (nSPS) is 27.8. The maximum atomic E-state index is 12.4. The predicted molar refractivity (Wildman–Crippen MR) is 74.1 cm³/mol. The summed E-state index contributed by atoms with van der Waals surface area (Å²) in [5, 5.41) is 3.22. The third-order valence-corrected chi connectivity index (χ3v) is 5.88. The third-order valence-electron chi connectivity index (χ3n) is 3.93. The van der Waals surface area contributed by atoms with Crippen LogP contribution in [-0.4, -0.2) is 69.5 Å². The molecule has 1 N–H and O–H groups in total. The molecule has 0 saturated carbocycles. The fourth-order valence-corrected chi connectivity index (χ4v) is 3.95. The molecule has 7 heteroatoms. The van der Waals surface area contributed by atoms with Gasteiger partial charge in [-0.2, -0.15) is 17.0 Å². The first-order valence-electron chi connectivity index (χ1n) is 7.04. The van der Waals surface area contributed by atoms with Crippen molar-refractivity contribution in [2.75, 3.05) is 46.4 Å². The number of piperidine rings is 1. The van der Waals surface area contributed by atoms with Crippen molar-refractivity contribution in [3.05, 3.63) is 0 Å². The molecule has 0 radical (unpaired) electrons. The van der Waals surface area contributed by atoms with Crippen molar-refractivity contribution in [1.82, 2.24) is 13.9 Å². The van der Waals surface area contributed by atoms with E-state index in [-0.39, 0.29) is 6.10 Å². The first kappa shape index (κ1) is 15.2. The molecule has 2 fully saturated rings. The Kier molecular flexibility index (Phi) is 5.19. The minimum absolute atomic E-state index is 0.0442. The van der Waals surface area contributed by atoms with Gasteiger partial charge >= 0.3 is 0 Å². The molecule has 0 spiro atoms. The van der Waals surface area contributed by atoms with Gasteiger partial charge in [0.25, 0.3) is 10.2 Å². The van der Waals surface area contributed by atoms with Crippen molar-refractivity contribution in [1.29, 1.82) is 0 Å². The monoisotopic (exact) mass is 291 g/mol. The molecule has 112 valence electrons. The van der Waals surface area contributed by atoms with Gasteiger partial charge in [0.15, 0.2) is 0 Å². The largest absolute Gasteiger partial charge is 0.374 e. The number of likely N-dealkylation sites (N-methyl/N-ethyl adjacent to an activating group) is 1. The van der Waals surface area contributed by atoms with Gasteiger partial charge in [0.05, 0.1) is 12.7 Å². The number of hydrogen-bond acceptors (Lipinski definition) is 4. The Bertz CT molecular complexity index is 374. The average molecular weight is 291 g/mol. The maximum absolute atomic E-state index is 12.4. The van der Waals surface area contributed by atoms with Gasteiger partial charge in [0.2, 0.25) is 0 Å². The quantitative estimate of drug-likeness (QED) is 0.785. The zero-order valence-corrected chi connectivity index (χ0v) is 12.7. The van der Waals surface area contributed by atoms with E-state index in [1.54, 1.807) is 11.4 Å². The number of ether oxygens (including phenoxy) is 1. The van der Waals surface area contributed by atoms with Gasteiger partial charge in [-0.1, -0.05) is 6.92 Å². The third kappa shape index (κ3) is 3.88. The summed E-state index contributed by atoms with van der Waals surface area (Å²) in [7, 11) is -1.68. The Morgan fingerprint density at radius 2 is 2.05 bits per heavy atom. The number of hydrogen-bond donors (Lipinski definition) is 1. The number of nitrogens with zero attached hydrogens (tertiary/aromatic N) is 2. The standard InChI is InChI=1S/C12H25N3O3S/c1-11-3-6-15(7-4-11)19(16,17)14(2)10-12-9-13-5-8-18-12/h11-13H,3-10H2,1-2H3. The van der Waals surface area contributed by atoms with Crippen molar-refractivity contribution < 1.29 is 13.2 Å². The molecule has 2 aliphatic rings. The van der Waals surface area contributed by atoms with Gasteiger partial charge in [0, 0.05) is 39.8 Å². The lowest BCUT2D eigenvalue weighted by atomic mass is 10.0. The van der Waals surface area contributed by atoms with E-state index in [0.29, 0.717) is 32.2 Å². The van der Waals surface area contributed by atoms with E-state index < -0.39 is 10.2 Å². The van der Waals surface area contributed by atoms with Crippen molar-refractivity contribution in [2.45, 2.75) is 25.9 Å². The van der Waals surface area contributed by atoms with E-state index in [9.17, 15) is 8.42 Å². The summed E-state index contributed by atoms with van der Waals surface area (Å²) in [6.07, 6.45) is 1.86. The Balaban J connectivity index is 1.90. The molecule has 1 atom stereocenters. The van der Waals surface area contributed by atoms with Crippen molar-refractivity contribution in [3.8, 4) is 0 Å². The second-order valence-electron chi connectivity index (χ2n) is 5.57. The Morgan fingerprint density at radius 3 is 2.63 bits per heavy atom. The highest BCUT2D eigenvalue weighted by Crippen LogP contribution is 2.20. The predicted octanol–water partition coefficient (Wildman–Crippen LogP) is -0.117. The van der Waals surface area contributed by atoms with E-state index in [1.807, 2.05) is 0 Å². The number of rotatable bonds is 4. The van der Waals surface area contributed by atoms with Crippen molar-refractivity contribution >= 4 is 10.2 Å². The van der Waals surface area contributed by atoms with E-state index in [0.717, 1.165) is 25.9 Å². The fourth-order valence-electron chi connectivity index (χ4n) is 2.53.